The van der Waals surface area contributed by atoms with Crippen molar-refractivity contribution in [3.05, 3.63) is 71.8 Å². The fourth-order valence-corrected chi connectivity index (χ4v) is 4.49. The van der Waals surface area contributed by atoms with Gasteiger partial charge in [-0.3, -0.25) is 9.59 Å². The van der Waals surface area contributed by atoms with Crippen LogP contribution in [-0.2, 0) is 22.4 Å². The van der Waals surface area contributed by atoms with Crippen LogP contribution < -0.4 is 11.1 Å². The van der Waals surface area contributed by atoms with Crippen LogP contribution in [0.1, 0.15) is 45.2 Å². The summed E-state index contributed by atoms with van der Waals surface area (Å²) in [5.41, 5.74) is 3.72. The van der Waals surface area contributed by atoms with E-state index in [1.54, 1.807) is 30.3 Å². The smallest absolute Gasteiger partial charge is 0.426 e. The van der Waals surface area contributed by atoms with Gasteiger partial charge >= 0.3 is 6.09 Å². The Balaban J connectivity index is 2.65. The first-order chi connectivity index (χ1) is 18.7. The summed E-state index contributed by atoms with van der Waals surface area (Å²) < 4.78 is 0. The van der Waals surface area contributed by atoms with Crippen LogP contribution >= 0.6 is 0 Å². The van der Waals surface area contributed by atoms with E-state index in [1.807, 2.05) is 30.3 Å². The standard InChI is InChI=1S/C29H42N4O7/c1-19(34)22(18-21-14-10-7-11-15-21)32(27(38)39)33(26(37)29(40,25(36)31-5)28(2,3)4)24(30)23(35)17-16-20-12-8-6-9-13-20/h6-15,19,22-24,34-35,40H,16-18,30H2,1-5H3,(H,31,36)(H,38,39). The molecule has 0 heterocycles. The number of aliphatic hydroxyl groups is 3. The van der Waals surface area contributed by atoms with Gasteiger partial charge in [-0.1, -0.05) is 81.4 Å². The number of aliphatic hydroxyl groups excluding tert-OH is 2. The van der Waals surface area contributed by atoms with E-state index >= 15 is 0 Å². The summed E-state index contributed by atoms with van der Waals surface area (Å²) in [6.45, 7) is 5.68. The van der Waals surface area contributed by atoms with Crippen LogP contribution in [0, 0.1) is 5.41 Å². The van der Waals surface area contributed by atoms with Crippen LogP contribution in [0.2, 0.25) is 0 Å². The lowest BCUT2D eigenvalue weighted by Crippen LogP contribution is -2.73. The third-order valence-corrected chi connectivity index (χ3v) is 6.99. The normalized spacial score (nSPS) is 16.1. The Morgan fingerprint density at radius 3 is 1.85 bits per heavy atom. The van der Waals surface area contributed by atoms with Crippen LogP contribution in [0.3, 0.4) is 0 Å². The summed E-state index contributed by atoms with van der Waals surface area (Å²) in [5, 5.41) is 47.2. The molecule has 40 heavy (non-hydrogen) atoms. The summed E-state index contributed by atoms with van der Waals surface area (Å²) in [5.74, 6) is -2.44. The molecule has 11 nitrogen and oxygen atoms in total. The number of aryl methyl sites for hydroxylation is 1. The van der Waals surface area contributed by atoms with Gasteiger partial charge in [0.2, 0.25) is 5.60 Å². The molecule has 0 aliphatic heterocycles. The second kappa shape index (κ2) is 13.7. The molecule has 0 aliphatic carbocycles. The molecule has 0 radical (unpaired) electrons. The van der Waals surface area contributed by atoms with Gasteiger partial charge in [-0.25, -0.2) is 14.8 Å². The number of nitrogens with one attached hydrogen (secondary N) is 1. The third kappa shape index (κ3) is 7.36. The summed E-state index contributed by atoms with van der Waals surface area (Å²) >= 11 is 0. The minimum absolute atomic E-state index is 0.0324. The lowest BCUT2D eigenvalue weighted by Gasteiger charge is -2.48. The number of hydrogen-bond donors (Lipinski definition) is 6. The molecule has 7 N–H and O–H groups in total. The lowest BCUT2D eigenvalue weighted by atomic mass is 9.74. The number of carbonyl (C=O) groups is 3. The SMILES string of the molecule is CNC(=O)C(O)(C(=O)N(C(N)C(O)CCc1ccccc1)N(C(=O)O)C(Cc1ccccc1)C(C)O)C(C)(C)C. The minimum Gasteiger partial charge on any atom is -0.464 e. The highest BCUT2D eigenvalue weighted by molar-refractivity contribution is 6.09. The predicted octanol–water partition coefficient (Wildman–Crippen LogP) is 1.50. The number of hydrogen-bond acceptors (Lipinski definition) is 7. The van der Waals surface area contributed by atoms with E-state index in [9.17, 15) is 34.8 Å². The highest BCUT2D eigenvalue weighted by Gasteiger charge is 2.58. The Kier molecular flexibility index (Phi) is 11.2. The zero-order chi connectivity index (χ0) is 30.3. The molecular formula is C29H42N4O7. The van der Waals surface area contributed by atoms with Gasteiger partial charge in [0, 0.05) is 12.5 Å². The Morgan fingerprint density at radius 1 is 0.925 bits per heavy atom. The quantitative estimate of drug-likeness (QED) is 0.137. The highest BCUT2D eigenvalue weighted by atomic mass is 16.4. The molecule has 3 amide bonds. The van der Waals surface area contributed by atoms with Gasteiger partial charge in [0.25, 0.3) is 11.8 Å². The number of benzene rings is 2. The fraction of sp³-hybridized carbons (Fsp3) is 0.483. The number of hydrazine groups is 1. The van der Waals surface area contributed by atoms with E-state index < -0.39 is 53.3 Å². The molecule has 0 aromatic heterocycles. The van der Waals surface area contributed by atoms with Crippen molar-refractivity contribution in [2.24, 2.45) is 11.1 Å². The van der Waals surface area contributed by atoms with Gasteiger partial charge in [-0.15, -0.1) is 0 Å². The average molecular weight is 559 g/mol. The second-order valence-electron chi connectivity index (χ2n) is 10.9. The highest BCUT2D eigenvalue weighted by Crippen LogP contribution is 2.34. The molecule has 5 atom stereocenters. The summed E-state index contributed by atoms with van der Waals surface area (Å²) in [7, 11) is 1.23. The maximum absolute atomic E-state index is 14.2. The van der Waals surface area contributed by atoms with Crippen molar-refractivity contribution >= 4 is 17.9 Å². The predicted molar refractivity (Wildman–Crippen MR) is 150 cm³/mol. The summed E-state index contributed by atoms with van der Waals surface area (Å²) in [4.78, 5) is 40.0. The fourth-order valence-electron chi connectivity index (χ4n) is 4.49. The van der Waals surface area contributed by atoms with E-state index in [0.29, 0.717) is 22.0 Å². The number of rotatable bonds is 11. The molecule has 2 aromatic carbocycles. The third-order valence-electron chi connectivity index (χ3n) is 6.99. The van der Waals surface area contributed by atoms with Crippen LogP contribution in [0.5, 0.6) is 0 Å². The number of nitrogens with two attached hydrogens (primary N) is 1. The van der Waals surface area contributed by atoms with E-state index in [4.69, 9.17) is 5.73 Å². The Labute approximate surface area is 235 Å². The average Bonchev–Trinajstić information content (AvgIpc) is 2.92. The van der Waals surface area contributed by atoms with Gasteiger partial charge in [0.15, 0.2) is 0 Å². The number of likely N-dealkylation sites (N-methyl/N-ethyl adjacent to an activating group) is 1. The van der Waals surface area contributed by atoms with Gasteiger partial charge in [-0.05, 0) is 37.3 Å². The molecule has 2 rings (SSSR count). The molecule has 220 valence electrons. The zero-order valence-electron chi connectivity index (χ0n) is 23.7. The maximum Gasteiger partial charge on any atom is 0.426 e. The van der Waals surface area contributed by atoms with Crippen molar-refractivity contribution in [1.82, 2.24) is 15.3 Å². The summed E-state index contributed by atoms with van der Waals surface area (Å²) in [6.07, 6.45) is -5.80. The molecule has 0 saturated heterocycles. The molecular weight excluding hydrogens is 516 g/mol. The maximum atomic E-state index is 14.2. The van der Waals surface area contributed by atoms with Crippen LogP contribution in [0.25, 0.3) is 0 Å². The number of nitrogens with zero attached hydrogens (tertiary/aromatic N) is 2. The number of amides is 3. The van der Waals surface area contributed by atoms with Crippen molar-refractivity contribution in [3.8, 4) is 0 Å². The van der Waals surface area contributed by atoms with E-state index in [0.717, 1.165) is 5.56 Å². The molecule has 0 fully saturated rings. The van der Waals surface area contributed by atoms with Crippen molar-refractivity contribution < 1.29 is 34.8 Å². The molecule has 0 aliphatic rings. The first-order valence-electron chi connectivity index (χ1n) is 13.2. The van der Waals surface area contributed by atoms with Gasteiger partial charge < -0.3 is 31.5 Å². The Morgan fingerprint density at radius 2 is 1.43 bits per heavy atom. The second-order valence-corrected chi connectivity index (χ2v) is 10.9. The lowest BCUT2D eigenvalue weighted by molar-refractivity contribution is -0.197. The molecule has 0 spiro atoms. The van der Waals surface area contributed by atoms with Crippen LogP contribution in [0.15, 0.2) is 60.7 Å². The van der Waals surface area contributed by atoms with Crippen molar-refractivity contribution in [3.63, 3.8) is 0 Å². The van der Waals surface area contributed by atoms with Crippen molar-refractivity contribution in [1.29, 1.82) is 0 Å². The monoisotopic (exact) mass is 558 g/mol. The molecule has 5 unspecified atom stereocenters. The zero-order valence-corrected chi connectivity index (χ0v) is 23.7. The van der Waals surface area contributed by atoms with Gasteiger partial charge in [-0.2, -0.15) is 0 Å². The summed E-state index contributed by atoms with van der Waals surface area (Å²) in [6, 6.07) is 16.6. The Hall–Kier alpha value is -3.51. The minimum atomic E-state index is -2.79. The van der Waals surface area contributed by atoms with Gasteiger partial charge in [0.05, 0.1) is 18.2 Å². The number of carbonyl (C=O) groups excluding carboxylic acids is 2. The van der Waals surface area contributed by atoms with E-state index in [1.165, 1.54) is 34.7 Å². The largest absolute Gasteiger partial charge is 0.464 e. The molecule has 11 heteroatoms. The van der Waals surface area contributed by atoms with Crippen molar-refractivity contribution in [2.75, 3.05) is 7.05 Å². The van der Waals surface area contributed by atoms with E-state index in [-0.39, 0.29) is 12.8 Å². The first-order valence-corrected chi connectivity index (χ1v) is 13.2. The van der Waals surface area contributed by atoms with Crippen LogP contribution in [-0.4, -0.2) is 85.4 Å². The number of carboxylic acid groups (broad SMARTS) is 1. The first kappa shape index (κ1) is 32.7. The van der Waals surface area contributed by atoms with Crippen LogP contribution in [0.4, 0.5) is 4.79 Å². The van der Waals surface area contributed by atoms with E-state index in [2.05, 4.69) is 5.32 Å². The van der Waals surface area contributed by atoms with Gasteiger partial charge in [0.1, 0.15) is 6.17 Å². The molecule has 0 saturated carbocycles. The van der Waals surface area contributed by atoms with Crippen molar-refractivity contribution in [2.45, 2.75) is 77.0 Å². The molecule has 0 bridgehead atoms. The topological polar surface area (TPSA) is 177 Å². The Bertz CT molecular complexity index is 1120. The molecule has 2 aromatic rings.